The van der Waals surface area contributed by atoms with E-state index in [1.165, 1.54) is 6.07 Å². The zero-order chi connectivity index (χ0) is 20.6. The molecule has 0 N–H and O–H groups in total. The Hall–Kier alpha value is -2.03. The minimum Gasteiger partial charge on any atom is -0.370 e. The van der Waals surface area contributed by atoms with Crippen LogP contribution in [0.25, 0.3) is 0 Å². The Morgan fingerprint density at radius 2 is 1.86 bits per heavy atom. The first kappa shape index (κ1) is 20.3. The number of hydrogen-bond donors (Lipinski definition) is 0. The van der Waals surface area contributed by atoms with Crippen LogP contribution in [0.5, 0.6) is 0 Å². The van der Waals surface area contributed by atoms with Gasteiger partial charge in [0.1, 0.15) is 0 Å². The van der Waals surface area contributed by atoms with Crippen molar-refractivity contribution < 1.29 is 14.5 Å². The van der Waals surface area contributed by atoms with Gasteiger partial charge in [0.05, 0.1) is 16.6 Å². The van der Waals surface area contributed by atoms with Crippen LogP contribution < -0.4 is 0 Å². The number of piperidine rings is 1. The van der Waals surface area contributed by atoms with E-state index in [0.29, 0.717) is 30.3 Å². The number of nitro benzene ring substituents is 1. The lowest BCUT2D eigenvalue weighted by molar-refractivity contribution is -0.385. The van der Waals surface area contributed by atoms with Crippen molar-refractivity contribution >= 4 is 11.6 Å². The van der Waals surface area contributed by atoms with E-state index in [1.54, 1.807) is 24.0 Å². The van der Waals surface area contributed by atoms with E-state index in [1.807, 2.05) is 0 Å². The van der Waals surface area contributed by atoms with Crippen molar-refractivity contribution in [3.63, 3.8) is 0 Å². The first-order chi connectivity index (χ1) is 13.8. The highest BCUT2D eigenvalue weighted by molar-refractivity contribution is 5.95. The average Bonchev–Trinajstić information content (AvgIpc) is 2.68. The molecule has 8 nitrogen and oxygen atoms in total. The summed E-state index contributed by atoms with van der Waals surface area (Å²) in [4.78, 5) is 30.2. The quantitative estimate of drug-likeness (QED) is 0.566. The summed E-state index contributed by atoms with van der Waals surface area (Å²) in [6, 6.07) is 4.73. The van der Waals surface area contributed by atoms with Gasteiger partial charge in [0.15, 0.2) is 0 Å². The number of nitro groups is 1. The number of carbonyl (C=O) groups is 1. The van der Waals surface area contributed by atoms with Gasteiger partial charge >= 0.3 is 0 Å². The number of likely N-dealkylation sites (N-methyl/N-ethyl adjacent to an activating group) is 1. The molecular formula is C21H30N4O4. The number of piperazine rings is 1. The molecule has 1 atom stereocenters. The Labute approximate surface area is 171 Å². The molecule has 3 aliphatic rings. The Balaban J connectivity index is 1.27. The minimum absolute atomic E-state index is 0.00148. The summed E-state index contributed by atoms with van der Waals surface area (Å²) in [7, 11) is 2.16. The number of carbonyl (C=O) groups excluding carboxylic acids is 1. The minimum atomic E-state index is -0.431. The number of nitrogens with zero attached hydrogens (tertiary/aromatic N) is 4. The molecule has 8 heteroatoms. The van der Waals surface area contributed by atoms with E-state index in [0.717, 1.165) is 52.0 Å². The molecule has 3 heterocycles. The molecule has 0 unspecified atom stereocenters. The maximum atomic E-state index is 12.8. The van der Waals surface area contributed by atoms with Crippen molar-refractivity contribution in [3.05, 3.63) is 39.4 Å². The standard InChI is InChI=1S/C21H30N4O4/c1-16-3-4-17(13-19(16)25(27)28)20(26)24-7-5-21(6-8-24)14-18(29-21)15-23-11-9-22(2)10-12-23/h3-4,13,18H,5-12,14-15H2,1-2H3/t18-/m1/s1. The van der Waals surface area contributed by atoms with E-state index in [9.17, 15) is 14.9 Å². The van der Waals surface area contributed by atoms with Gasteiger partial charge < -0.3 is 14.5 Å². The van der Waals surface area contributed by atoms with Crippen molar-refractivity contribution in [2.45, 2.75) is 37.9 Å². The molecule has 0 bridgehead atoms. The average molecular weight is 402 g/mol. The van der Waals surface area contributed by atoms with Gasteiger partial charge in [-0.3, -0.25) is 19.8 Å². The number of amides is 1. The zero-order valence-electron chi connectivity index (χ0n) is 17.3. The maximum absolute atomic E-state index is 12.8. The number of ether oxygens (including phenoxy) is 1. The van der Waals surface area contributed by atoms with E-state index in [-0.39, 0.29) is 17.2 Å². The first-order valence-electron chi connectivity index (χ1n) is 10.5. The molecule has 158 valence electrons. The van der Waals surface area contributed by atoms with Crippen LogP contribution >= 0.6 is 0 Å². The normalized spacial score (nSPS) is 25.0. The molecule has 1 spiro atoms. The summed E-state index contributed by atoms with van der Waals surface area (Å²) in [5.41, 5.74) is 0.880. The highest BCUT2D eigenvalue weighted by Crippen LogP contribution is 2.41. The second-order valence-corrected chi connectivity index (χ2v) is 8.78. The van der Waals surface area contributed by atoms with Crippen molar-refractivity contribution in [2.75, 3.05) is 52.9 Å². The van der Waals surface area contributed by atoms with E-state index in [4.69, 9.17) is 4.74 Å². The van der Waals surface area contributed by atoms with E-state index in [2.05, 4.69) is 16.8 Å². The lowest BCUT2D eigenvalue weighted by Gasteiger charge is -2.53. The first-order valence-corrected chi connectivity index (χ1v) is 10.5. The molecule has 0 aromatic heterocycles. The lowest BCUT2D eigenvalue weighted by Crippen LogP contribution is -2.60. The number of benzene rings is 1. The lowest BCUT2D eigenvalue weighted by atomic mass is 9.80. The van der Waals surface area contributed by atoms with Crippen molar-refractivity contribution in [2.24, 2.45) is 0 Å². The Morgan fingerprint density at radius 1 is 1.21 bits per heavy atom. The third-order valence-electron chi connectivity index (χ3n) is 6.69. The third kappa shape index (κ3) is 4.29. The maximum Gasteiger partial charge on any atom is 0.273 e. The van der Waals surface area contributed by atoms with Crippen LogP contribution in [0, 0.1) is 17.0 Å². The van der Waals surface area contributed by atoms with E-state index >= 15 is 0 Å². The second-order valence-electron chi connectivity index (χ2n) is 8.78. The fourth-order valence-electron chi connectivity index (χ4n) is 4.74. The summed E-state index contributed by atoms with van der Waals surface area (Å²) in [6.07, 6.45) is 3.05. The molecule has 3 aliphatic heterocycles. The Morgan fingerprint density at radius 3 is 2.48 bits per heavy atom. The van der Waals surface area contributed by atoms with Gasteiger partial charge in [-0.1, -0.05) is 6.07 Å². The monoisotopic (exact) mass is 402 g/mol. The van der Waals surface area contributed by atoms with Gasteiger partial charge in [-0.25, -0.2) is 0 Å². The van der Waals surface area contributed by atoms with Crippen LogP contribution in [0.2, 0.25) is 0 Å². The van der Waals surface area contributed by atoms with Crippen molar-refractivity contribution in [1.82, 2.24) is 14.7 Å². The highest BCUT2D eigenvalue weighted by Gasteiger charge is 2.48. The van der Waals surface area contributed by atoms with Crippen LogP contribution in [-0.2, 0) is 4.74 Å². The van der Waals surface area contributed by atoms with Gasteiger partial charge in [0, 0.05) is 69.4 Å². The Kier molecular flexibility index (Phi) is 5.59. The fraction of sp³-hybridized carbons (Fsp3) is 0.667. The van der Waals surface area contributed by atoms with Crippen LogP contribution in [-0.4, -0.2) is 90.1 Å². The number of rotatable bonds is 4. The molecule has 0 saturated carbocycles. The molecule has 3 fully saturated rings. The summed E-state index contributed by atoms with van der Waals surface area (Å²) in [5, 5.41) is 11.2. The SMILES string of the molecule is Cc1ccc(C(=O)N2CCC3(CC2)C[C@H](CN2CCN(C)CC2)O3)cc1[N+](=O)[O-]. The predicted molar refractivity (Wildman–Crippen MR) is 109 cm³/mol. The molecule has 3 saturated heterocycles. The molecule has 1 amide bonds. The molecule has 0 radical (unpaired) electrons. The Bertz CT molecular complexity index is 775. The third-order valence-corrected chi connectivity index (χ3v) is 6.69. The highest BCUT2D eigenvalue weighted by atomic mass is 16.6. The second kappa shape index (κ2) is 8.01. The van der Waals surface area contributed by atoms with Crippen LogP contribution in [0.3, 0.4) is 0 Å². The van der Waals surface area contributed by atoms with Crippen LogP contribution in [0.1, 0.15) is 35.2 Å². The zero-order valence-corrected chi connectivity index (χ0v) is 17.3. The van der Waals surface area contributed by atoms with Gasteiger partial charge in [0.2, 0.25) is 0 Å². The number of hydrogen-bond acceptors (Lipinski definition) is 6. The molecule has 1 aromatic carbocycles. The summed E-state index contributed by atoms with van der Waals surface area (Å²) in [5.74, 6) is -0.128. The number of aryl methyl sites for hydroxylation is 1. The van der Waals surface area contributed by atoms with Crippen LogP contribution in [0.15, 0.2) is 18.2 Å². The van der Waals surface area contributed by atoms with Gasteiger partial charge in [-0.15, -0.1) is 0 Å². The van der Waals surface area contributed by atoms with Crippen molar-refractivity contribution in [3.8, 4) is 0 Å². The molecule has 4 rings (SSSR count). The molecule has 0 aliphatic carbocycles. The summed E-state index contributed by atoms with van der Waals surface area (Å²) in [6.45, 7) is 8.42. The predicted octanol–water partition coefficient (Wildman–Crippen LogP) is 1.91. The molecule has 1 aromatic rings. The fourth-order valence-corrected chi connectivity index (χ4v) is 4.74. The number of likely N-dealkylation sites (tertiary alicyclic amines) is 1. The summed E-state index contributed by atoms with van der Waals surface area (Å²) >= 11 is 0. The van der Waals surface area contributed by atoms with Crippen LogP contribution in [0.4, 0.5) is 5.69 Å². The molecular weight excluding hydrogens is 372 g/mol. The van der Waals surface area contributed by atoms with Gasteiger partial charge in [-0.2, -0.15) is 0 Å². The largest absolute Gasteiger partial charge is 0.370 e. The van der Waals surface area contributed by atoms with Crippen molar-refractivity contribution in [1.29, 1.82) is 0 Å². The van der Waals surface area contributed by atoms with Gasteiger partial charge in [-0.05, 0) is 32.9 Å². The summed E-state index contributed by atoms with van der Waals surface area (Å²) < 4.78 is 6.31. The molecule has 29 heavy (non-hydrogen) atoms. The topological polar surface area (TPSA) is 79.2 Å². The van der Waals surface area contributed by atoms with Gasteiger partial charge in [0.25, 0.3) is 11.6 Å². The smallest absolute Gasteiger partial charge is 0.273 e. The van der Waals surface area contributed by atoms with E-state index < -0.39 is 4.92 Å².